The summed E-state index contributed by atoms with van der Waals surface area (Å²) in [6.07, 6.45) is -0.272. The van der Waals surface area contributed by atoms with Crippen molar-refractivity contribution < 1.29 is 40.7 Å². The van der Waals surface area contributed by atoms with E-state index in [1.807, 2.05) is 0 Å². The van der Waals surface area contributed by atoms with Crippen LogP contribution in [0.4, 0.5) is 26.3 Å². The van der Waals surface area contributed by atoms with Crippen molar-refractivity contribution in [3.05, 3.63) is 63.7 Å². The molecular weight excluding hydrogens is 414 g/mol. The zero-order valence-corrected chi connectivity index (χ0v) is 15.9. The smallest absolute Gasteiger partial charge is 0.315 e. The van der Waals surface area contributed by atoms with Crippen molar-refractivity contribution in [1.29, 1.82) is 0 Å². The molecule has 3 rings (SSSR count). The van der Waals surface area contributed by atoms with Gasteiger partial charge in [-0.05, 0) is 43.0 Å². The third-order valence-electron chi connectivity index (χ3n) is 5.40. The topological polar surface area (TPSA) is 43.4 Å². The van der Waals surface area contributed by atoms with Crippen molar-refractivity contribution in [2.24, 2.45) is 5.92 Å². The largest absolute Gasteiger partial charge is 0.420 e. The molecule has 3 nitrogen and oxygen atoms in total. The average Bonchev–Trinajstić information content (AvgIpc) is 2.71. The van der Waals surface area contributed by atoms with Crippen molar-refractivity contribution in [3.63, 3.8) is 0 Å². The number of benzene rings is 2. The molecule has 0 radical (unpaired) electrons. The highest BCUT2D eigenvalue weighted by Gasteiger charge is 2.38. The Hall–Kier alpha value is -2.84. The maximum absolute atomic E-state index is 14.2. The van der Waals surface area contributed by atoms with Gasteiger partial charge in [0.2, 0.25) is 34.8 Å². The molecular formula is C21H16F6O3. The molecule has 1 fully saturated rings. The predicted octanol–water partition coefficient (Wildman–Crippen LogP) is 5.20. The lowest BCUT2D eigenvalue weighted by molar-refractivity contribution is -0.142. The first kappa shape index (κ1) is 21.9. The fraction of sp³-hybridized carbons (Fsp3) is 0.333. The van der Waals surface area contributed by atoms with E-state index in [9.17, 15) is 35.9 Å². The SMILES string of the molecule is Cc1cc(C2CC(=O)CC[C@H]2C(=O)Oc2c(F)c(F)c(F)c(F)c2F)cc(F)c1C. The van der Waals surface area contributed by atoms with Crippen LogP contribution in [0.2, 0.25) is 0 Å². The van der Waals surface area contributed by atoms with E-state index in [4.69, 9.17) is 0 Å². The standard InChI is InChI=1S/C21H16F6O3/c1-8-5-10(6-14(22)9(8)2)13-7-11(28)3-4-12(13)21(29)30-20-18(26)16(24)15(23)17(25)19(20)27/h5-6,12-13H,3-4,7H2,1-2H3/t12-,13?/m1/s1. The van der Waals surface area contributed by atoms with Crippen molar-refractivity contribution in [2.75, 3.05) is 0 Å². The second-order valence-corrected chi connectivity index (χ2v) is 7.26. The van der Waals surface area contributed by atoms with Crippen molar-refractivity contribution in [3.8, 4) is 5.75 Å². The number of carbonyl (C=O) groups is 2. The van der Waals surface area contributed by atoms with Crippen LogP contribution < -0.4 is 4.74 Å². The van der Waals surface area contributed by atoms with Gasteiger partial charge in [0.1, 0.15) is 11.6 Å². The van der Waals surface area contributed by atoms with Gasteiger partial charge in [0, 0.05) is 18.8 Å². The highest BCUT2D eigenvalue weighted by atomic mass is 19.2. The van der Waals surface area contributed by atoms with Crippen LogP contribution in [0.3, 0.4) is 0 Å². The van der Waals surface area contributed by atoms with E-state index < -0.39 is 58.5 Å². The van der Waals surface area contributed by atoms with E-state index in [-0.39, 0.29) is 25.0 Å². The van der Waals surface area contributed by atoms with Crippen LogP contribution >= 0.6 is 0 Å². The van der Waals surface area contributed by atoms with Crippen LogP contribution in [0.25, 0.3) is 0 Å². The summed E-state index contributed by atoms with van der Waals surface area (Å²) in [4.78, 5) is 24.5. The summed E-state index contributed by atoms with van der Waals surface area (Å²) in [6.45, 7) is 3.18. The fourth-order valence-corrected chi connectivity index (χ4v) is 3.55. The van der Waals surface area contributed by atoms with Crippen LogP contribution in [0, 0.1) is 54.7 Å². The highest BCUT2D eigenvalue weighted by Crippen LogP contribution is 2.39. The third-order valence-corrected chi connectivity index (χ3v) is 5.40. The van der Waals surface area contributed by atoms with Gasteiger partial charge >= 0.3 is 5.97 Å². The molecule has 1 aliphatic rings. The molecule has 9 heteroatoms. The number of hydrogen-bond acceptors (Lipinski definition) is 3. The summed E-state index contributed by atoms with van der Waals surface area (Å²) >= 11 is 0. The molecule has 0 aliphatic heterocycles. The summed E-state index contributed by atoms with van der Waals surface area (Å²) in [5, 5.41) is 0. The number of Topliss-reactive ketones (excluding diaryl/α,β-unsaturated/α-hetero) is 1. The van der Waals surface area contributed by atoms with Crippen LogP contribution in [-0.2, 0) is 9.59 Å². The minimum absolute atomic E-state index is 0.0410. The minimum atomic E-state index is -2.38. The van der Waals surface area contributed by atoms with E-state index in [0.29, 0.717) is 16.7 Å². The molecule has 1 unspecified atom stereocenters. The summed E-state index contributed by atoms with van der Waals surface area (Å²) in [5.74, 6) is -17.2. The number of esters is 1. The molecule has 0 heterocycles. The number of aryl methyl sites for hydroxylation is 1. The predicted molar refractivity (Wildman–Crippen MR) is 92.8 cm³/mol. The van der Waals surface area contributed by atoms with Crippen LogP contribution in [-0.4, -0.2) is 11.8 Å². The van der Waals surface area contributed by atoms with Gasteiger partial charge in [-0.1, -0.05) is 6.07 Å². The first-order valence-corrected chi connectivity index (χ1v) is 9.04. The van der Waals surface area contributed by atoms with Gasteiger partial charge in [0.25, 0.3) is 0 Å². The number of ketones is 1. The van der Waals surface area contributed by atoms with E-state index in [1.165, 1.54) is 0 Å². The molecule has 0 aromatic heterocycles. The van der Waals surface area contributed by atoms with E-state index in [0.717, 1.165) is 6.07 Å². The van der Waals surface area contributed by atoms with Crippen molar-refractivity contribution in [2.45, 2.75) is 39.0 Å². The van der Waals surface area contributed by atoms with Gasteiger partial charge in [-0.15, -0.1) is 0 Å². The van der Waals surface area contributed by atoms with E-state index >= 15 is 0 Å². The van der Waals surface area contributed by atoms with Gasteiger partial charge in [0.15, 0.2) is 0 Å². The first-order chi connectivity index (χ1) is 14.0. The lowest BCUT2D eigenvalue weighted by Crippen LogP contribution is -2.33. The average molecular weight is 430 g/mol. The zero-order valence-electron chi connectivity index (χ0n) is 15.9. The number of ether oxygens (including phenoxy) is 1. The molecule has 1 saturated carbocycles. The second kappa shape index (κ2) is 8.12. The fourth-order valence-electron chi connectivity index (χ4n) is 3.55. The Bertz CT molecular complexity index is 998. The maximum atomic E-state index is 14.2. The van der Waals surface area contributed by atoms with Crippen molar-refractivity contribution in [1.82, 2.24) is 0 Å². The lowest BCUT2D eigenvalue weighted by Gasteiger charge is -2.30. The lowest BCUT2D eigenvalue weighted by atomic mass is 9.74. The molecule has 0 amide bonds. The highest BCUT2D eigenvalue weighted by molar-refractivity contribution is 5.85. The first-order valence-electron chi connectivity index (χ1n) is 9.04. The van der Waals surface area contributed by atoms with Gasteiger partial charge in [-0.2, -0.15) is 8.78 Å². The zero-order chi connectivity index (χ0) is 22.3. The molecule has 0 saturated heterocycles. The second-order valence-electron chi connectivity index (χ2n) is 7.26. The number of halogens is 6. The number of carbonyl (C=O) groups excluding carboxylic acids is 2. The molecule has 2 aromatic rings. The summed E-state index contributed by atoms with van der Waals surface area (Å²) in [7, 11) is 0. The summed E-state index contributed by atoms with van der Waals surface area (Å²) < 4.78 is 86.4. The van der Waals surface area contributed by atoms with E-state index in [2.05, 4.69) is 4.74 Å². The summed E-state index contributed by atoms with van der Waals surface area (Å²) in [5.41, 5.74) is 1.25. The van der Waals surface area contributed by atoms with Crippen molar-refractivity contribution >= 4 is 11.8 Å². The van der Waals surface area contributed by atoms with Gasteiger partial charge < -0.3 is 4.74 Å². The Balaban J connectivity index is 1.97. The molecule has 1 aliphatic carbocycles. The molecule has 2 atom stereocenters. The molecule has 0 bridgehead atoms. The number of hydrogen-bond donors (Lipinski definition) is 0. The van der Waals surface area contributed by atoms with E-state index in [1.54, 1.807) is 19.9 Å². The summed E-state index contributed by atoms with van der Waals surface area (Å²) in [6, 6.07) is 2.74. The monoisotopic (exact) mass is 430 g/mol. The number of rotatable bonds is 3. The minimum Gasteiger partial charge on any atom is -0.420 e. The van der Waals surface area contributed by atoms with Gasteiger partial charge in [-0.25, -0.2) is 17.6 Å². The Kier molecular flexibility index (Phi) is 5.92. The Morgan fingerprint density at radius 1 is 0.933 bits per heavy atom. The maximum Gasteiger partial charge on any atom is 0.315 e. The Morgan fingerprint density at radius 2 is 1.50 bits per heavy atom. The molecule has 0 N–H and O–H groups in total. The van der Waals surface area contributed by atoms with Crippen LogP contribution in [0.15, 0.2) is 12.1 Å². The molecule has 2 aromatic carbocycles. The Morgan fingerprint density at radius 3 is 2.07 bits per heavy atom. The van der Waals surface area contributed by atoms with Crippen LogP contribution in [0.5, 0.6) is 5.75 Å². The quantitative estimate of drug-likeness (QED) is 0.221. The third kappa shape index (κ3) is 3.80. The molecule has 160 valence electrons. The van der Waals surface area contributed by atoms with Crippen LogP contribution in [0.1, 0.15) is 41.9 Å². The van der Waals surface area contributed by atoms with Gasteiger partial charge in [0.05, 0.1) is 5.92 Å². The normalized spacial score (nSPS) is 19.1. The Labute approximate surface area is 167 Å². The molecule has 0 spiro atoms. The van der Waals surface area contributed by atoms with Gasteiger partial charge in [-0.3, -0.25) is 9.59 Å². The molecule has 30 heavy (non-hydrogen) atoms.